The zero-order valence-corrected chi connectivity index (χ0v) is 45.8. The second-order valence-electron chi connectivity index (χ2n) is 20.3. The summed E-state index contributed by atoms with van der Waals surface area (Å²) in [4.78, 5) is 78.5. The predicted octanol–water partition coefficient (Wildman–Crippen LogP) is 8.06. The first-order valence-electron chi connectivity index (χ1n) is 27.2. The number of Topliss-reactive ketones (excluding diaryl/α,β-unsaturated/α-hetero) is 1. The summed E-state index contributed by atoms with van der Waals surface area (Å²) in [5, 5.41) is 45.5. The van der Waals surface area contributed by atoms with Gasteiger partial charge in [0, 0.05) is 31.4 Å². The van der Waals surface area contributed by atoms with Crippen molar-refractivity contribution in [1.82, 2.24) is 9.55 Å². The van der Waals surface area contributed by atoms with Gasteiger partial charge >= 0.3 is 33.3 Å². The molecule has 8 N–H and O–H groups in total. The number of aliphatic hydroxyl groups is 4. The number of anilines is 1. The lowest BCUT2D eigenvalue weighted by Crippen LogP contribution is -2.51. The fourth-order valence-corrected chi connectivity index (χ4v) is 11.2. The zero-order valence-electron chi connectivity index (χ0n) is 44.0. The lowest BCUT2D eigenvalue weighted by Gasteiger charge is -2.38. The molecule has 0 amide bonds. The van der Waals surface area contributed by atoms with Crippen LogP contribution < -0.4 is 11.4 Å². The molecule has 2 saturated heterocycles. The third kappa shape index (κ3) is 26.4. The average Bonchev–Trinajstić information content (AvgIpc) is 3.32. The minimum atomic E-state index is -5.71. The molecule has 1 aromatic heterocycles. The Bertz CT molecular complexity index is 1970. The highest BCUT2D eigenvalue weighted by Gasteiger charge is 2.45. The molecular formula is C51H89N3O18P2. The number of carbonyl (C=O) groups excluding carboxylic acids is 3. The molecule has 23 heteroatoms. The van der Waals surface area contributed by atoms with Gasteiger partial charge in [-0.05, 0) is 37.7 Å². The van der Waals surface area contributed by atoms with E-state index in [9.17, 15) is 58.5 Å². The van der Waals surface area contributed by atoms with Crippen LogP contribution in [0.4, 0.5) is 5.82 Å². The van der Waals surface area contributed by atoms with Gasteiger partial charge in [-0.1, -0.05) is 155 Å². The summed E-state index contributed by atoms with van der Waals surface area (Å²) in [5.74, 6) is -4.13. The largest absolute Gasteiger partial charge is 0.481 e. The van der Waals surface area contributed by atoms with Crippen LogP contribution in [0.1, 0.15) is 194 Å². The van der Waals surface area contributed by atoms with Crippen LogP contribution in [0.3, 0.4) is 0 Å². The van der Waals surface area contributed by atoms with Crippen molar-refractivity contribution in [3.8, 4) is 0 Å². The number of carbonyl (C=O) groups is 3. The van der Waals surface area contributed by atoms with E-state index in [2.05, 4.69) is 23.1 Å². The van der Waals surface area contributed by atoms with Gasteiger partial charge in [-0.25, -0.2) is 13.9 Å². The van der Waals surface area contributed by atoms with Gasteiger partial charge in [-0.3, -0.25) is 28.0 Å². The van der Waals surface area contributed by atoms with Crippen molar-refractivity contribution < 1.29 is 81.3 Å². The molecule has 74 heavy (non-hydrogen) atoms. The quantitative estimate of drug-likeness (QED) is 0.0211. The Kier molecular flexibility index (Phi) is 31.4. The monoisotopic (exact) mass is 1090 g/mol. The minimum Gasteiger partial charge on any atom is -0.462 e. The van der Waals surface area contributed by atoms with Gasteiger partial charge in [-0.15, -0.1) is 0 Å². The number of phosphoric ester groups is 2. The maximum Gasteiger partial charge on any atom is 0.481 e. The zero-order chi connectivity index (χ0) is 54.5. The number of phosphoric acid groups is 2. The van der Waals surface area contributed by atoms with Crippen molar-refractivity contribution in [2.45, 2.75) is 231 Å². The van der Waals surface area contributed by atoms with Gasteiger partial charge in [0.05, 0.1) is 37.4 Å². The fraction of sp³-hybridized carbons (Fsp3) is 0.824. The number of nitrogens with two attached hydrogens (primary N) is 1. The Hall–Kier alpha value is -2.91. The van der Waals surface area contributed by atoms with E-state index >= 15 is 0 Å². The van der Waals surface area contributed by atoms with Gasteiger partial charge in [0.1, 0.15) is 36.6 Å². The molecule has 0 aromatic carbocycles. The number of nitrogen functional groups attached to an aromatic ring is 1. The first kappa shape index (κ1) is 65.4. The Morgan fingerprint density at radius 2 is 1.43 bits per heavy atom. The maximum atomic E-state index is 14.3. The van der Waals surface area contributed by atoms with Crippen LogP contribution in [0.5, 0.6) is 0 Å². The van der Waals surface area contributed by atoms with Crippen molar-refractivity contribution in [2.75, 3.05) is 25.6 Å². The summed E-state index contributed by atoms with van der Waals surface area (Å²) < 4.78 is 59.0. The van der Waals surface area contributed by atoms with E-state index in [1.807, 2.05) is 6.92 Å². The molecule has 0 radical (unpaired) electrons. The third-order valence-corrected chi connectivity index (χ3v) is 16.0. The van der Waals surface area contributed by atoms with Crippen molar-refractivity contribution >= 4 is 39.2 Å². The van der Waals surface area contributed by atoms with Crippen molar-refractivity contribution in [2.24, 2.45) is 17.8 Å². The number of hydrogen-bond donors (Lipinski definition) is 7. The Morgan fingerprint density at radius 1 is 0.838 bits per heavy atom. The number of ether oxygens (including phenoxy) is 3. The highest BCUT2D eigenvalue weighted by molar-refractivity contribution is 7.61. The number of fused-ring (bicyclic) bond motifs is 3. The number of rotatable bonds is 25. The van der Waals surface area contributed by atoms with Crippen LogP contribution in [0.25, 0.3) is 0 Å². The number of cyclic esters (lactones) is 1. The molecular weight excluding hydrogens is 1000 g/mol. The number of unbranched alkanes of at least 4 members (excludes halogenated alkanes) is 14. The molecule has 0 spiro atoms. The van der Waals surface area contributed by atoms with Crippen LogP contribution in [-0.2, 0) is 51.1 Å². The van der Waals surface area contributed by atoms with Gasteiger partial charge in [-0.2, -0.15) is 9.29 Å². The number of aliphatic hydroxyl groups excluding tert-OH is 4. The van der Waals surface area contributed by atoms with Gasteiger partial charge in [0.15, 0.2) is 6.10 Å². The van der Waals surface area contributed by atoms with Crippen LogP contribution in [0, 0.1) is 17.8 Å². The van der Waals surface area contributed by atoms with Gasteiger partial charge < -0.3 is 50.2 Å². The van der Waals surface area contributed by atoms with Crippen molar-refractivity contribution in [3.63, 3.8) is 0 Å². The molecule has 2 unspecified atom stereocenters. The number of ketones is 1. The SMILES string of the molecule is CCCCC[C@H](O)C=C[C@@H]1[C@H](O)[C@H](O)[C@H]2COP(=O)(O)OP(=O)(O)OC[C@@H](COC(=O)CCCCCCCCCCCCCCCC(C)C)OC(=O)CCCCCC[C@@H](C(=O)C[C@H]1O)[C@H](n1ccc(N)nc1=O)O2. The number of hydrogen-bond acceptors (Lipinski definition) is 18. The van der Waals surface area contributed by atoms with Crippen molar-refractivity contribution in [3.05, 3.63) is 34.9 Å². The van der Waals surface area contributed by atoms with Crippen molar-refractivity contribution in [1.29, 1.82) is 0 Å². The van der Waals surface area contributed by atoms with Crippen LogP contribution in [0.15, 0.2) is 29.2 Å². The Labute approximate surface area is 437 Å². The summed E-state index contributed by atoms with van der Waals surface area (Å²) >= 11 is 0. The lowest BCUT2D eigenvalue weighted by atomic mass is 9.83. The summed E-state index contributed by atoms with van der Waals surface area (Å²) in [5.41, 5.74) is 4.76. The van der Waals surface area contributed by atoms with E-state index < -0.39 is 120 Å². The number of esters is 2. The van der Waals surface area contributed by atoms with E-state index in [4.69, 9.17) is 29.0 Å². The number of aromatic nitrogens is 2. The molecule has 426 valence electrons. The number of nitrogens with zero attached hydrogens (tertiary/aromatic N) is 2. The predicted molar refractivity (Wildman–Crippen MR) is 276 cm³/mol. The molecule has 2 bridgehead atoms. The van der Waals surface area contributed by atoms with Crippen LogP contribution >= 0.6 is 15.6 Å². The van der Waals surface area contributed by atoms with E-state index in [-0.39, 0.29) is 31.5 Å². The minimum absolute atomic E-state index is 0.000544. The molecule has 11 atom stereocenters. The standard InChI is InChI=1S/C51H89N3O18P2/c1-4-5-19-25-38(55)29-30-40-42(56)33-43(57)41-26-21-17-18-23-28-47(59)70-39(34-67-46(58)27-22-16-14-12-10-8-6-7-9-11-13-15-20-24-37(2)3)35-68-73(63,64)72-74(65,66)69-36-44(49(61)48(40)60)71-50(41)54-32-31-45(52)53-51(54)62/h29-32,37-42,44,48-50,55-56,60-61H,4-28,33-36H2,1-3H3,(H,63,64)(H,65,66)(H2,52,53,62)/t38-,39+,40-,41-,42+,44+,48-,49+,50+/m0/s1. The van der Waals surface area contributed by atoms with E-state index in [1.54, 1.807) is 0 Å². The van der Waals surface area contributed by atoms with E-state index in [0.29, 0.717) is 38.5 Å². The Balaban J connectivity index is 1.72. The molecule has 0 aliphatic carbocycles. The molecule has 2 aliphatic rings. The maximum absolute atomic E-state index is 14.3. The summed E-state index contributed by atoms with van der Waals surface area (Å²) in [6.07, 6.45) is 11.4. The van der Waals surface area contributed by atoms with Gasteiger partial charge in [0.2, 0.25) is 0 Å². The average molecular weight is 1090 g/mol. The highest BCUT2D eigenvalue weighted by atomic mass is 31.3. The smallest absolute Gasteiger partial charge is 0.462 e. The molecule has 2 aliphatic heterocycles. The molecule has 0 saturated carbocycles. The molecule has 2 fully saturated rings. The van der Waals surface area contributed by atoms with Crippen LogP contribution in [0.2, 0.25) is 0 Å². The summed E-state index contributed by atoms with van der Waals surface area (Å²) in [6.45, 7) is 3.82. The third-order valence-electron chi connectivity index (χ3n) is 13.4. The second kappa shape index (κ2) is 35.5. The topological polar surface area (TPSA) is 323 Å². The summed E-state index contributed by atoms with van der Waals surface area (Å²) in [6, 6.07) is 1.23. The molecule has 1 aromatic rings. The van der Waals surface area contributed by atoms with E-state index in [0.717, 1.165) is 49.0 Å². The Morgan fingerprint density at radius 3 is 2.05 bits per heavy atom. The molecule has 21 nitrogen and oxygen atoms in total. The summed E-state index contributed by atoms with van der Waals surface area (Å²) in [7, 11) is -11.3. The highest BCUT2D eigenvalue weighted by Crippen LogP contribution is 2.60. The molecule has 3 rings (SSSR count). The van der Waals surface area contributed by atoms with Crippen LogP contribution in [-0.4, -0.2) is 114 Å². The normalized spacial score (nSPS) is 29.0. The second-order valence-corrected chi connectivity index (χ2v) is 23.4. The lowest BCUT2D eigenvalue weighted by molar-refractivity contribution is -0.184. The molecule has 3 heterocycles. The first-order chi connectivity index (χ1) is 35.2. The van der Waals surface area contributed by atoms with E-state index in [1.165, 1.54) is 82.2 Å². The first-order valence-corrected chi connectivity index (χ1v) is 30.2. The van der Waals surface area contributed by atoms with Gasteiger partial charge in [0.25, 0.3) is 0 Å². The fourth-order valence-electron chi connectivity index (χ4n) is 9.10.